The summed E-state index contributed by atoms with van der Waals surface area (Å²) in [4.78, 5) is 39.7. The number of carbonyl (C=O) groups is 2. The second-order valence-corrected chi connectivity index (χ2v) is 10.7. The smallest absolute Gasteiger partial charge is 0.403 e. The summed E-state index contributed by atoms with van der Waals surface area (Å²) in [6.45, 7) is 5.16. The number of nitrogens with one attached hydrogen (secondary N) is 1. The van der Waals surface area contributed by atoms with Crippen molar-refractivity contribution in [1.29, 1.82) is 0 Å². The number of rotatable bonds is 7. The summed E-state index contributed by atoms with van der Waals surface area (Å²) in [7, 11) is 0. The normalized spacial score (nSPS) is 16.4. The van der Waals surface area contributed by atoms with Crippen LogP contribution in [0.5, 0.6) is 5.75 Å². The quantitative estimate of drug-likeness (QED) is 0.390. The number of alkyl halides is 3. The number of anilines is 2. The van der Waals surface area contributed by atoms with Gasteiger partial charge in [0, 0.05) is 56.4 Å². The average molecular weight is 629 g/mol. The van der Waals surface area contributed by atoms with E-state index in [-0.39, 0.29) is 32.9 Å². The molecule has 0 atom stereocenters. The van der Waals surface area contributed by atoms with Gasteiger partial charge in [0.05, 0.1) is 36.0 Å². The number of aromatic nitrogens is 2. The number of benzene rings is 1. The van der Waals surface area contributed by atoms with Gasteiger partial charge in [0.2, 0.25) is 5.91 Å². The van der Waals surface area contributed by atoms with Crippen molar-refractivity contribution in [2.24, 2.45) is 0 Å². The monoisotopic (exact) mass is 628 g/mol. The zero-order chi connectivity index (χ0) is 29.9. The van der Waals surface area contributed by atoms with Gasteiger partial charge in [0.1, 0.15) is 5.82 Å². The van der Waals surface area contributed by atoms with E-state index in [2.05, 4.69) is 24.9 Å². The number of thiazole rings is 1. The van der Waals surface area contributed by atoms with Gasteiger partial charge in [0.15, 0.2) is 16.7 Å². The van der Waals surface area contributed by atoms with Crippen molar-refractivity contribution >= 4 is 45.7 Å². The zero-order valence-corrected chi connectivity index (χ0v) is 23.6. The number of carbonyl (C=O) groups excluding carboxylic acids is 2. The SMILES string of the molecule is O=C(Nc1nc(-c2cccc(OC(F)(F)F)c2F)cs1)c1cnc(N2CCN(CC(=O)N3CCOCC3)CC2)c(Cl)c1. The van der Waals surface area contributed by atoms with Crippen molar-refractivity contribution < 1.29 is 36.6 Å². The van der Waals surface area contributed by atoms with E-state index in [9.17, 15) is 27.2 Å². The summed E-state index contributed by atoms with van der Waals surface area (Å²) in [5, 5.41) is 4.33. The Labute approximate surface area is 246 Å². The molecule has 224 valence electrons. The molecule has 5 rings (SSSR count). The van der Waals surface area contributed by atoms with Crippen LogP contribution in [-0.2, 0) is 9.53 Å². The lowest BCUT2D eigenvalue weighted by Gasteiger charge is -2.36. The van der Waals surface area contributed by atoms with Crippen LogP contribution in [0.2, 0.25) is 5.02 Å². The Bertz CT molecular complexity index is 1440. The predicted molar refractivity (Wildman–Crippen MR) is 147 cm³/mol. The maximum absolute atomic E-state index is 14.6. The minimum atomic E-state index is -5.05. The summed E-state index contributed by atoms with van der Waals surface area (Å²) in [6, 6.07) is 4.79. The number of piperazine rings is 1. The fraction of sp³-hybridized carbons (Fsp3) is 0.385. The fourth-order valence-electron chi connectivity index (χ4n) is 4.55. The van der Waals surface area contributed by atoms with Crippen molar-refractivity contribution in [1.82, 2.24) is 19.8 Å². The molecule has 2 fully saturated rings. The van der Waals surface area contributed by atoms with Crippen molar-refractivity contribution in [3.8, 4) is 17.0 Å². The first kappa shape index (κ1) is 29.9. The van der Waals surface area contributed by atoms with Crippen molar-refractivity contribution in [3.63, 3.8) is 0 Å². The third-order valence-corrected chi connectivity index (χ3v) is 7.70. The van der Waals surface area contributed by atoms with E-state index in [1.807, 2.05) is 9.80 Å². The molecule has 0 saturated carbocycles. The maximum atomic E-state index is 14.6. The number of morpholine rings is 1. The lowest BCUT2D eigenvalue weighted by Crippen LogP contribution is -2.51. The molecule has 0 spiro atoms. The lowest BCUT2D eigenvalue weighted by atomic mass is 10.1. The Balaban J connectivity index is 1.17. The summed E-state index contributed by atoms with van der Waals surface area (Å²) in [5.41, 5.74) is -0.0344. The fourth-order valence-corrected chi connectivity index (χ4v) is 5.54. The van der Waals surface area contributed by atoms with Gasteiger partial charge in [-0.2, -0.15) is 0 Å². The third-order valence-electron chi connectivity index (χ3n) is 6.67. The minimum Gasteiger partial charge on any atom is -0.403 e. The highest BCUT2D eigenvalue weighted by molar-refractivity contribution is 7.14. The van der Waals surface area contributed by atoms with Gasteiger partial charge in [-0.05, 0) is 18.2 Å². The highest BCUT2D eigenvalue weighted by atomic mass is 35.5. The van der Waals surface area contributed by atoms with Gasteiger partial charge in [-0.25, -0.2) is 14.4 Å². The van der Waals surface area contributed by atoms with Crippen LogP contribution in [0, 0.1) is 5.82 Å². The number of amides is 2. The molecule has 16 heteroatoms. The summed E-state index contributed by atoms with van der Waals surface area (Å²) < 4.78 is 61.3. The Morgan fingerprint density at radius 3 is 2.55 bits per heavy atom. The number of nitrogens with zero attached hydrogens (tertiary/aromatic N) is 5. The molecular weight excluding hydrogens is 604 g/mol. The van der Waals surface area contributed by atoms with Crippen LogP contribution in [0.4, 0.5) is 28.5 Å². The molecule has 4 heterocycles. The van der Waals surface area contributed by atoms with Crippen LogP contribution >= 0.6 is 22.9 Å². The molecule has 10 nitrogen and oxygen atoms in total. The highest BCUT2D eigenvalue weighted by Gasteiger charge is 2.33. The Kier molecular flexibility index (Phi) is 9.11. The molecular formula is C26H25ClF4N6O4S. The van der Waals surface area contributed by atoms with Crippen LogP contribution in [-0.4, -0.2) is 97.0 Å². The molecule has 42 heavy (non-hydrogen) atoms. The molecule has 2 aliphatic heterocycles. The van der Waals surface area contributed by atoms with Gasteiger partial charge >= 0.3 is 6.36 Å². The molecule has 2 aromatic heterocycles. The van der Waals surface area contributed by atoms with E-state index < -0.39 is 23.8 Å². The van der Waals surface area contributed by atoms with Crippen LogP contribution in [0.25, 0.3) is 11.3 Å². The molecule has 0 aliphatic carbocycles. The van der Waals surface area contributed by atoms with E-state index in [1.54, 1.807) is 0 Å². The van der Waals surface area contributed by atoms with Crippen LogP contribution in [0.15, 0.2) is 35.8 Å². The largest absolute Gasteiger partial charge is 0.573 e. The second kappa shape index (κ2) is 12.8. The average Bonchev–Trinajstić information content (AvgIpc) is 3.42. The number of hydrogen-bond donors (Lipinski definition) is 1. The minimum absolute atomic E-state index is 0.0257. The Morgan fingerprint density at radius 1 is 1.12 bits per heavy atom. The van der Waals surface area contributed by atoms with Crippen molar-refractivity contribution in [3.05, 3.63) is 52.2 Å². The van der Waals surface area contributed by atoms with E-state index in [1.165, 1.54) is 29.8 Å². The van der Waals surface area contributed by atoms with E-state index in [0.717, 1.165) is 17.4 Å². The predicted octanol–water partition coefficient (Wildman–Crippen LogP) is 4.13. The molecule has 1 N–H and O–H groups in total. The number of hydrogen-bond acceptors (Lipinski definition) is 9. The molecule has 2 saturated heterocycles. The second-order valence-electron chi connectivity index (χ2n) is 9.44. The van der Waals surface area contributed by atoms with E-state index in [4.69, 9.17) is 16.3 Å². The van der Waals surface area contributed by atoms with Crippen molar-refractivity contribution in [2.45, 2.75) is 6.36 Å². The van der Waals surface area contributed by atoms with Gasteiger partial charge in [-0.15, -0.1) is 24.5 Å². The number of ether oxygens (including phenoxy) is 2. The standard InChI is InChI=1S/C26H25ClF4N6O4S/c27-18-12-16(13-32-23(18)37-6-4-35(5-7-37)14-21(38)36-8-10-40-11-9-36)24(39)34-25-33-19(15-42-25)17-2-1-3-20(22(17)28)41-26(29,30)31/h1-3,12-13,15H,4-11,14H2,(H,33,34,39). The highest BCUT2D eigenvalue weighted by Crippen LogP contribution is 2.34. The van der Waals surface area contributed by atoms with E-state index in [0.29, 0.717) is 64.8 Å². The van der Waals surface area contributed by atoms with Gasteiger partial charge in [0.25, 0.3) is 5.91 Å². The molecule has 1 aromatic carbocycles. The molecule has 3 aromatic rings. The first-order chi connectivity index (χ1) is 20.1. The topological polar surface area (TPSA) is 100 Å². The van der Waals surface area contributed by atoms with Crippen LogP contribution < -0.4 is 15.0 Å². The summed E-state index contributed by atoms with van der Waals surface area (Å²) >= 11 is 7.44. The molecule has 0 radical (unpaired) electrons. The Morgan fingerprint density at radius 2 is 1.86 bits per heavy atom. The van der Waals surface area contributed by atoms with Gasteiger partial charge in [-0.1, -0.05) is 17.7 Å². The Hall–Kier alpha value is -3.53. The van der Waals surface area contributed by atoms with E-state index >= 15 is 0 Å². The molecule has 2 amide bonds. The first-order valence-electron chi connectivity index (χ1n) is 12.9. The molecule has 2 aliphatic rings. The maximum Gasteiger partial charge on any atom is 0.573 e. The van der Waals surface area contributed by atoms with Gasteiger partial charge in [-0.3, -0.25) is 19.8 Å². The first-order valence-corrected chi connectivity index (χ1v) is 14.1. The third kappa shape index (κ3) is 7.27. The summed E-state index contributed by atoms with van der Waals surface area (Å²) in [5.74, 6) is -2.19. The van der Waals surface area contributed by atoms with Crippen LogP contribution in [0.3, 0.4) is 0 Å². The number of pyridine rings is 1. The lowest BCUT2D eigenvalue weighted by molar-refractivity contribution is -0.275. The zero-order valence-electron chi connectivity index (χ0n) is 22.0. The van der Waals surface area contributed by atoms with Crippen LogP contribution in [0.1, 0.15) is 10.4 Å². The number of halogens is 5. The summed E-state index contributed by atoms with van der Waals surface area (Å²) in [6.07, 6.45) is -3.68. The van der Waals surface area contributed by atoms with Crippen molar-refractivity contribution in [2.75, 3.05) is 69.2 Å². The molecule has 0 bridgehead atoms. The van der Waals surface area contributed by atoms with Gasteiger partial charge < -0.3 is 19.3 Å². The molecule has 0 unspecified atom stereocenters.